The number of anilines is 1. The number of carbonyl (C=O) groups is 1. The number of amides is 1. The third kappa shape index (κ3) is 4.85. The summed E-state index contributed by atoms with van der Waals surface area (Å²) >= 11 is 6.76. The van der Waals surface area contributed by atoms with Gasteiger partial charge in [-0.3, -0.25) is 19.1 Å². The maximum atomic E-state index is 13.4. The van der Waals surface area contributed by atoms with Gasteiger partial charge < -0.3 is 14.4 Å². The van der Waals surface area contributed by atoms with Crippen molar-refractivity contribution in [2.75, 3.05) is 38.3 Å². The Labute approximate surface area is 213 Å². The smallest absolute Gasteiger partial charge is 0.270 e. The van der Waals surface area contributed by atoms with Gasteiger partial charge in [0.05, 0.1) is 31.8 Å². The van der Waals surface area contributed by atoms with Crippen LogP contribution in [0.4, 0.5) is 5.82 Å². The lowest BCUT2D eigenvalue weighted by molar-refractivity contribution is -0.122. The van der Waals surface area contributed by atoms with Crippen molar-refractivity contribution in [3.63, 3.8) is 0 Å². The number of thiocarbonyl (C=S) groups is 1. The topological polar surface area (TPSA) is 87.8 Å². The van der Waals surface area contributed by atoms with Crippen molar-refractivity contribution in [1.29, 1.82) is 5.26 Å². The largest absolute Gasteiger partial charge is 0.497 e. The van der Waals surface area contributed by atoms with Crippen molar-refractivity contribution in [2.24, 2.45) is 0 Å². The molecule has 2 aliphatic rings. The maximum Gasteiger partial charge on any atom is 0.270 e. The number of pyridine rings is 1. The molecule has 2 fully saturated rings. The number of rotatable bonds is 6. The molecule has 0 saturated carbocycles. The highest BCUT2D eigenvalue weighted by Crippen LogP contribution is 2.36. The quantitative estimate of drug-likeness (QED) is 0.432. The fourth-order valence-corrected chi connectivity index (χ4v) is 5.47. The Morgan fingerprint density at radius 2 is 1.91 bits per heavy atom. The summed E-state index contributed by atoms with van der Waals surface area (Å²) < 4.78 is 12.8. The minimum absolute atomic E-state index is 0.0869. The highest BCUT2D eigenvalue weighted by molar-refractivity contribution is 8.26. The molecule has 0 bridgehead atoms. The fourth-order valence-electron chi connectivity index (χ4n) is 4.23. The SMILES string of the molecule is CCn1c(N2CCOCC2)c(C=C2SC(=S)N(Cc3ccc(OC)cc3)C2=O)c(C)c(C#N)c1=O. The summed E-state index contributed by atoms with van der Waals surface area (Å²) in [6.45, 7) is 6.70. The van der Waals surface area contributed by atoms with Crippen LogP contribution in [0.15, 0.2) is 34.0 Å². The number of thioether (sulfide) groups is 1. The molecule has 35 heavy (non-hydrogen) atoms. The zero-order valence-corrected chi connectivity index (χ0v) is 21.5. The van der Waals surface area contributed by atoms with Gasteiger partial charge in [-0.2, -0.15) is 5.26 Å². The normalized spacial score (nSPS) is 17.3. The molecule has 1 amide bonds. The third-order valence-corrected chi connectivity index (χ3v) is 7.50. The average Bonchev–Trinajstić information content (AvgIpc) is 3.14. The van der Waals surface area contributed by atoms with E-state index in [0.29, 0.717) is 65.6 Å². The van der Waals surface area contributed by atoms with Gasteiger partial charge in [0.1, 0.15) is 27.5 Å². The van der Waals surface area contributed by atoms with E-state index >= 15 is 0 Å². The van der Waals surface area contributed by atoms with Crippen molar-refractivity contribution in [1.82, 2.24) is 9.47 Å². The van der Waals surface area contributed by atoms with E-state index < -0.39 is 0 Å². The number of benzene rings is 1. The van der Waals surface area contributed by atoms with E-state index in [-0.39, 0.29) is 17.0 Å². The lowest BCUT2D eigenvalue weighted by Gasteiger charge is -2.33. The number of carbonyl (C=O) groups excluding carboxylic acids is 1. The lowest BCUT2D eigenvalue weighted by atomic mass is 10.0. The summed E-state index contributed by atoms with van der Waals surface area (Å²) in [6.07, 6.45) is 1.78. The summed E-state index contributed by atoms with van der Waals surface area (Å²) in [7, 11) is 1.61. The van der Waals surface area contributed by atoms with Gasteiger partial charge in [0, 0.05) is 25.2 Å². The van der Waals surface area contributed by atoms with Gasteiger partial charge in [0.15, 0.2) is 0 Å². The average molecular weight is 511 g/mol. The minimum atomic E-state index is -0.321. The van der Waals surface area contributed by atoms with Crippen LogP contribution in [0.25, 0.3) is 6.08 Å². The second kappa shape index (κ2) is 10.6. The first-order chi connectivity index (χ1) is 16.9. The summed E-state index contributed by atoms with van der Waals surface area (Å²) in [5, 5.41) is 9.72. The van der Waals surface area contributed by atoms with E-state index in [2.05, 4.69) is 11.0 Å². The molecule has 0 atom stereocenters. The number of nitriles is 1. The van der Waals surface area contributed by atoms with Crippen molar-refractivity contribution < 1.29 is 14.3 Å². The Kier molecular flexibility index (Phi) is 7.60. The van der Waals surface area contributed by atoms with Gasteiger partial charge in [-0.1, -0.05) is 36.1 Å². The Morgan fingerprint density at radius 3 is 2.51 bits per heavy atom. The number of nitrogens with zero attached hydrogens (tertiary/aromatic N) is 4. The van der Waals surface area contributed by atoms with Crippen molar-refractivity contribution in [3.05, 3.63) is 61.8 Å². The highest BCUT2D eigenvalue weighted by Gasteiger charge is 2.33. The summed E-state index contributed by atoms with van der Waals surface area (Å²) in [5.74, 6) is 1.25. The molecule has 2 aliphatic heterocycles. The first kappa shape index (κ1) is 25.0. The van der Waals surface area contributed by atoms with Crippen LogP contribution in [0.5, 0.6) is 5.75 Å². The number of morpholine rings is 1. The molecule has 8 nitrogen and oxygen atoms in total. The third-order valence-electron chi connectivity index (χ3n) is 6.12. The lowest BCUT2D eigenvalue weighted by Crippen LogP contribution is -2.41. The molecule has 2 aromatic rings. The monoisotopic (exact) mass is 510 g/mol. The van der Waals surface area contributed by atoms with Gasteiger partial charge in [-0.05, 0) is 43.2 Å². The van der Waals surface area contributed by atoms with Gasteiger partial charge in [-0.15, -0.1) is 0 Å². The van der Waals surface area contributed by atoms with E-state index in [1.54, 1.807) is 29.6 Å². The molecule has 0 aliphatic carbocycles. The van der Waals surface area contributed by atoms with Crippen LogP contribution in [0.1, 0.15) is 29.2 Å². The molecule has 2 saturated heterocycles. The van der Waals surface area contributed by atoms with E-state index in [4.69, 9.17) is 21.7 Å². The predicted octanol–water partition coefficient (Wildman–Crippen LogP) is 3.29. The van der Waals surface area contributed by atoms with Gasteiger partial charge >= 0.3 is 0 Å². The van der Waals surface area contributed by atoms with Gasteiger partial charge in [0.25, 0.3) is 11.5 Å². The molecule has 0 N–H and O–H groups in total. The first-order valence-corrected chi connectivity index (χ1v) is 12.5. The molecular weight excluding hydrogens is 484 g/mol. The summed E-state index contributed by atoms with van der Waals surface area (Å²) in [6, 6.07) is 9.55. The van der Waals surface area contributed by atoms with E-state index in [1.807, 2.05) is 31.2 Å². The molecule has 0 spiro atoms. The molecule has 4 rings (SSSR count). The molecule has 0 unspecified atom stereocenters. The zero-order chi connectivity index (χ0) is 25.1. The molecular formula is C25H26N4O4S2. The van der Waals surface area contributed by atoms with Crippen LogP contribution in [0.2, 0.25) is 0 Å². The van der Waals surface area contributed by atoms with Crippen LogP contribution in [-0.2, 0) is 22.6 Å². The number of aromatic nitrogens is 1. The number of methoxy groups -OCH3 is 1. The summed E-state index contributed by atoms with van der Waals surface area (Å²) in [5.41, 5.74) is 1.95. The minimum Gasteiger partial charge on any atom is -0.497 e. The molecule has 3 heterocycles. The molecule has 1 aromatic heterocycles. The summed E-state index contributed by atoms with van der Waals surface area (Å²) in [4.78, 5) is 30.6. The maximum absolute atomic E-state index is 13.4. The fraction of sp³-hybridized carbons (Fsp3) is 0.360. The van der Waals surface area contributed by atoms with Crippen LogP contribution >= 0.6 is 24.0 Å². The van der Waals surface area contributed by atoms with Gasteiger partial charge in [-0.25, -0.2) is 0 Å². The molecule has 1 aromatic carbocycles. The Hall–Kier alpha value is -3.13. The highest BCUT2D eigenvalue weighted by atomic mass is 32.2. The van der Waals surface area contributed by atoms with Crippen molar-refractivity contribution in [2.45, 2.75) is 26.9 Å². The zero-order valence-electron chi connectivity index (χ0n) is 19.9. The second-order valence-electron chi connectivity index (χ2n) is 8.11. The Morgan fingerprint density at radius 1 is 1.23 bits per heavy atom. The molecule has 10 heteroatoms. The van der Waals surface area contributed by atoms with Crippen LogP contribution in [-0.4, -0.2) is 53.1 Å². The number of ether oxygens (including phenoxy) is 2. The first-order valence-electron chi connectivity index (χ1n) is 11.3. The van der Waals surface area contributed by atoms with Crippen LogP contribution < -0.4 is 15.2 Å². The second-order valence-corrected chi connectivity index (χ2v) is 9.79. The standard InChI is InChI=1S/C25H26N4O4S2/c1-4-28-22(27-9-11-33-12-10-27)19(16(2)20(14-26)23(28)30)13-21-24(31)29(25(34)35-21)15-17-5-7-18(32-3)8-6-17/h5-8,13H,4,9-12,15H2,1-3H3. The van der Waals surface area contributed by atoms with E-state index in [0.717, 1.165) is 11.3 Å². The Balaban J connectivity index is 1.76. The molecule has 182 valence electrons. The van der Waals surface area contributed by atoms with Crippen molar-refractivity contribution in [3.8, 4) is 11.8 Å². The molecule has 0 radical (unpaired) electrons. The van der Waals surface area contributed by atoms with Crippen LogP contribution in [0.3, 0.4) is 0 Å². The predicted molar refractivity (Wildman–Crippen MR) is 141 cm³/mol. The van der Waals surface area contributed by atoms with E-state index in [9.17, 15) is 14.9 Å². The van der Waals surface area contributed by atoms with Gasteiger partial charge in [0.2, 0.25) is 0 Å². The Bertz CT molecular complexity index is 1290. The van der Waals surface area contributed by atoms with Crippen LogP contribution in [0, 0.1) is 18.3 Å². The number of hydrogen-bond donors (Lipinski definition) is 0. The van der Waals surface area contributed by atoms with E-state index in [1.165, 1.54) is 11.8 Å². The number of hydrogen-bond acceptors (Lipinski definition) is 8. The van der Waals surface area contributed by atoms with Crippen molar-refractivity contribution >= 4 is 46.1 Å².